The van der Waals surface area contributed by atoms with E-state index < -0.39 is 21.5 Å². The number of aryl methyl sites for hydroxylation is 1. The second kappa shape index (κ2) is 9.30. The Labute approximate surface area is 192 Å². The Bertz CT molecular complexity index is 1360. The molecule has 0 radical (unpaired) electrons. The van der Waals surface area contributed by atoms with Crippen LogP contribution in [0.2, 0.25) is 0 Å². The van der Waals surface area contributed by atoms with Gasteiger partial charge in [-0.25, -0.2) is 13.4 Å². The Kier molecular flexibility index (Phi) is 6.28. The zero-order valence-corrected chi connectivity index (χ0v) is 19.0. The molecule has 0 spiro atoms. The topological polar surface area (TPSA) is 90.3 Å². The molecule has 0 aliphatic rings. The van der Waals surface area contributed by atoms with Gasteiger partial charge < -0.3 is 10.1 Å². The quantitative estimate of drug-likeness (QED) is 0.444. The van der Waals surface area contributed by atoms with Gasteiger partial charge in [0.05, 0.1) is 12.8 Å². The number of aromatic nitrogens is 2. The molecule has 4 aromatic rings. The van der Waals surface area contributed by atoms with Crippen LogP contribution in [-0.2, 0) is 14.6 Å². The maximum absolute atomic E-state index is 13.3. The number of carbonyl (C=O) groups is 1. The number of hydrogen-bond donors (Lipinski definition) is 1. The highest BCUT2D eigenvalue weighted by atomic mass is 32.2. The van der Waals surface area contributed by atoms with Crippen molar-refractivity contribution in [2.45, 2.75) is 12.1 Å². The fourth-order valence-corrected chi connectivity index (χ4v) is 4.57. The number of sulfone groups is 1. The van der Waals surface area contributed by atoms with E-state index in [1.54, 1.807) is 61.8 Å². The lowest BCUT2D eigenvalue weighted by atomic mass is 10.1. The van der Waals surface area contributed by atoms with Gasteiger partial charge >= 0.3 is 0 Å². The third-order valence-electron chi connectivity index (χ3n) is 5.03. The molecule has 0 saturated heterocycles. The molecule has 3 aromatic carbocycles. The van der Waals surface area contributed by atoms with Gasteiger partial charge in [-0.2, -0.15) is 0 Å². The molecule has 0 aliphatic heterocycles. The van der Waals surface area contributed by atoms with Crippen molar-refractivity contribution in [3.8, 4) is 22.7 Å². The van der Waals surface area contributed by atoms with Crippen LogP contribution in [0.25, 0.3) is 16.9 Å². The van der Waals surface area contributed by atoms with E-state index >= 15 is 0 Å². The van der Waals surface area contributed by atoms with Gasteiger partial charge in [0.2, 0.25) is 20.9 Å². The van der Waals surface area contributed by atoms with Crippen LogP contribution >= 0.6 is 0 Å². The van der Waals surface area contributed by atoms with Crippen molar-refractivity contribution in [3.63, 3.8) is 0 Å². The molecule has 168 valence electrons. The van der Waals surface area contributed by atoms with Gasteiger partial charge in [-0.1, -0.05) is 35.9 Å². The second-order valence-electron chi connectivity index (χ2n) is 7.52. The second-order valence-corrected chi connectivity index (χ2v) is 9.40. The molecule has 0 aliphatic carbocycles. The number of nitrogens with one attached hydrogen (secondary N) is 1. The normalized spacial score (nSPS) is 11.2. The van der Waals surface area contributed by atoms with E-state index in [-0.39, 0.29) is 5.16 Å². The predicted octanol–water partition coefficient (Wildman–Crippen LogP) is 4.27. The SMILES string of the molecule is COc1ccc(-c2cn(-c3ccc(C)cc3)c(S(=O)(=O)CC(=O)Nc3ccccc3)n2)cc1. The van der Waals surface area contributed by atoms with Crippen LogP contribution < -0.4 is 10.1 Å². The summed E-state index contributed by atoms with van der Waals surface area (Å²) in [6, 6.07) is 23.3. The molecule has 1 heterocycles. The van der Waals surface area contributed by atoms with Crippen molar-refractivity contribution in [1.29, 1.82) is 0 Å². The molecule has 1 aromatic heterocycles. The van der Waals surface area contributed by atoms with Crippen LogP contribution in [0.1, 0.15) is 5.56 Å². The lowest BCUT2D eigenvalue weighted by Gasteiger charge is -2.09. The molecule has 0 saturated carbocycles. The maximum Gasteiger partial charge on any atom is 0.240 e. The molecule has 0 bridgehead atoms. The van der Waals surface area contributed by atoms with Crippen LogP contribution in [0.3, 0.4) is 0 Å². The Morgan fingerprint density at radius 1 is 0.970 bits per heavy atom. The summed E-state index contributed by atoms with van der Waals surface area (Å²) >= 11 is 0. The smallest absolute Gasteiger partial charge is 0.240 e. The zero-order chi connectivity index (χ0) is 23.4. The molecule has 0 atom stereocenters. The van der Waals surface area contributed by atoms with E-state index in [0.29, 0.717) is 22.8 Å². The minimum Gasteiger partial charge on any atom is -0.497 e. The first-order chi connectivity index (χ1) is 15.9. The summed E-state index contributed by atoms with van der Waals surface area (Å²) in [5.41, 5.74) is 3.40. The van der Waals surface area contributed by atoms with Crippen molar-refractivity contribution < 1.29 is 17.9 Å². The lowest BCUT2D eigenvalue weighted by Crippen LogP contribution is -2.25. The van der Waals surface area contributed by atoms with E-state index in [1.165, 1.54) is 4.57 Å². The number of anilines is 1. The molecule has 7 nitrogen and oxygen atoms in total. The van der Waals surface area contributed by atoms with Crippen molar-refractivity contribution in [1.82, 2.24) is 9.55 Å². The first-order valence-corrected chi connectivity index (χ1v) is 11.9. The van der Waals surface area contributed by atoms with Crippen LogP contribution in [0, 0.1) is 6.92 Å². The summed E-state index contributed by atoms with van der Waals surface area (Å²) < 4.78 is 33.2. The minimum absolute atomic E-state index is 0.194. The zero-order valence-electron chi connectivity index (χ0n) is 18.2. The summed E-state index contributed by atoms with van der Waals surface area (Å²) in [7, 11) is -2.48. The van der Waals surface area contributed by atoms with Gasteiger partial charge in [0.25, 0.3) is 0 Å². The largest absolute Gasteiger partial charge is 0.497 e. The van der Waals surface area contributed by atoms with Crippen molar-refractivity contribution >= 4 is 21.4 Å². The number of amides is 1. The highest BCUT2D eigenvalue weighted by Gasteiger charge is 2.27. The molecule has 33 heavy (non-hydrogen) atoms. The highest BCUT2D eigenvalue weighted by Crippen LogP contribution is 2.26. The minimum atomic E-state index is -4.05. The van der Waals surface area contributed by atoms with E-state index in [4.69, 9.17) is 4.74 Å². The average Bonchev–Trinajstić information content (AvgIpc) is 3.26. The molecule has 0 fully saturated rings. The number of ether oxygens (including phenoxy) is 1. The van der Waals surface area contributed by atoms with Crippen LogP contribution in [0.4, 0.5) is 5.69 Å². The predicted molar refractivity (Wildman–Crippen MR) is 127 cm³/mol. The first-order valence-electron chi connectivity index (χ1n) is 10.2. The van der Waals surface area contributed by atoms with Crippen LogP contribution in [0.15, 0.2) is 90.2 Å². The number of nitrogens with zero attached hydrogens (tertiary/aromatic N) is 2. The van der Waals surface area contributed by atoms with Crippen LogP contribution in [0.5, 0.6) is 5.75 Å². The Balaban J connectivity index is 1.72. The fraction of sp³-hybridized carbons (Fsp3) is 0.120. The Morgan fingerprint density at radius 2 is 1.64 bits per heavy atom. The average molecular weight is 462 g/mol. The maximum atomic E-state index is 13.3. The van der Waals surface area contributed by atoms with E-state index in [9.17, 15) is 13.2 Å². The monoisotopic (exact) mass is 461 g/mol. The van der Waals surface area contributed by atoms with Gasteiger partial charge in [-0.05, 0) is 55.5 Å². The number of carbonyl (C=O) groups excluding carboxylic acids is 1. The highest BCUT2D eigenvalue weighted by molar-refractivity contribution is 7.92. The van der Waals surface area contributed by atoms with E-state index in [1.807, 2.05) is 37.3 Å². The molecule has 8 heteroatoms. The van der Waals surface area contributed by atoms with Crippen molar-refractivity contribution in [2.75, 3.05) is 18.2 Å². The number of para-hydroxylation sites is 1. The lowest BCUT2D eigenvalue weighted by molar-refractivity contribution is -0.113. The van der Waals surface area contributed by atoms with Gasteiger partial charge in [0, 0.05) is 23.1 Å². The summed E-state index contributed by atoms with van der Waals surface area (Å²) in [5.74, 6) is -0.680. The van der Waals surface area contributed by atoms with E-state index in [2.05, 4.69) is 10.3 Å². The number of methoxy groups -OCH3 is 1. The number of rotatable bonds is 7. The number of imidazole rings is 1. The first kappa shape index (κ1) is 22.3. The molecular formula is C25H23N3O4S. The third-order valence-corrected chi connectivity index (χ3v) is 6.51. The number of hydrogen-bond acceptors (Lipinski definition) is 5. The van der Waals surface area contributed by atoms with Gasteiger partial charge in [0.15, 0.2) is 0 Å². The molecule has 1 amide bonds. The van der Waals surface area contributed by atoms with Gasteiger partial charge in [0.1, 0.15) is 11.5 Å². The van der Waals surface area contributed by atoms with Crippen LogP contribution in [-0.4, -0.2) is 36.7 Å². The molecular weight excluding hydrogens is 438 g/mol. The van der Waals surface area contributed by atoms with Crippen molar-refractivity contribution in [2.24, 2.45) is 0 Å². The van der Waals surface area contributed by atoms with Gasteiger partial charge in [-0.3, -0.25) is 9.36 Å². The Morgan fingerprint density at radius 3 is 2.27 bits per heavy atom. The summed E-state index contributed by atoms with van der Waals surface area (Å²) in [5, 5.41) is 2.42. The molecule has 0 unspecified atom stereocenters. The Hall–Kier alpha value is -3.91. The van der Waals surface area contributed by atoms with E-state index in [0.717, 1.165) is 11.1 Å². The van der Waals surface area contributed by atoms with Gasteiger partial charge in [-0.15, -0.1) is 0 Å². The standard InChI is InChI=1S/C25H23N3O4S/c1-18-8-12-21(13-9-18)28-16-23(19-10-14-22(32-2)15-11-19)27-25(28)33(30,31)17-24(29)26-20-6-4-3-5-7-20/h3-16H,17H2,1-2H3,(H,26,29). The number of benzene rings is 3. The fourth-order valence-electron chi connectivity index (χ4n) is 3.33. The van der Waals surface area contributed by atoms with Crippen molar-refractivity contribution in [3.05, 3.63) is 90.6 Å². The summed E-state index contributed by atoms with van der Waals surface area (Å²) in [6.45, 7) is 1.95. The molecule has 1 N–H and O–H groups in total. The third kappa shape index (κ3) is 5.12. The molecule has 4 rings (SSSR count). The summed E-state index contributed by atoms with van der Waals surface area (Å²) in [4.78, 5) is 16.9. The summed E-state index contributed by atoms with van der Waals surface area (Å²) in [6.07, 6.45) is 1.66.